The van der Waals surface area contributed by atoms with E-state index in [-0.39, 0.29) is 18.3 Å². The van der Waals surface area contributed by atoms with Crippen LogP contribution in [-0.4, -0.2) is 48.2 Å². The first-order valence-corrected chi connectivity index (χ1v) is 10.1. The molecule has 0 aliphatic rings. The molecular formula is C24H25N5O4. The summed E-state index contributed by atoms with van der Waals surface area (Å²) >= 11 is 0. The van der Waals surface area contributed by atoms with Crippen molar-refractivity contribution in [3.63, 3.8) is 0 Å². The number of nitrogens with one attached hydrogen (secondary N) is 1. The van der Waals surface area contributed by atoms with Crippen LogP contribution in [0.25, 0.3) is 0 Å². The van der Waals surface area contributed by atoms with Crippen LogP contribution in [0.4, 0.5) is 5.69 Å². The van der Waals surface area contributed by atoms with E-state index in [1.807, 2.05) is 12.1 Å². The number of carbonyl (C=O) groups is 2. The summed E-state index contributed by atoms with van der Waals surface area (Å²) in [5.74, 6) is 0.208. The molecule has 0 unspecified atom stereocenters. The molecule has 33 heavy (non-hydrogen) atoms. The van der Waals surface area contributed by atoms with E-state index in [4.69, 9.17) is 15.3 Å². The van der Waals surface area contributed by atoms with E-state index < -0.39 is 5.91 Å². The fourth-order valence-corrected chi connectivity index (χ4v) is 2.77. The highest BCUT2D eigenvalue weighted by atomic mass is 16.6. The average molecular weight is 447 g/mol. The maximum Gasteiger partial charge on any atom is 0.265 e. The normalized spacial score (nSPS) is 10.9. The second kappa shape index (κ2) is 11.3. The van der Waals surface area contributed by atoms with E-state index in [1.165, 1.54) is 4.90 Å². The summed E-state index contributed by atoms with van der Waals surface area (Å²) in [6.07, 6.45) is 3.45. The molecule has 3 rings (SSSR count). The molecule has 0 saturated carbocycles. The Balaban J connectivity index is 1.48. The highest BCUT2D eigenvalue weighted by Crippen LogP contribution is 2.14. The van der Waals surface area contributed by atoms with Crippen LogP contribution in [0, 0.1) is 0 Å². The quantitative estimate of drug-likeness (QED) is 0.296. The smallest absolute Gasteiger partial charge is 0.265 e. The lowest BCUT2D eigenvalue weighted by atomic mass is 10.2. The van der Waals surface area contributed by atoms with Gasteiger partial charge in [0, 0.05) is 48.9 Å². The Morgan fingerprint density at radius 3 is 2.55 bits per heavy atom. The molecule has 0 aliphatic carbocycles. The first kappa shape index (κ1) is 23.3. The summed E-state index contributed by atoms with van der Waals surface area (Å²) in [6.45, 7) is 0.0695. The third-order valence-electron chi connectivity index (χ3n) is 4.44. The Morgan fingerprint density at radius 2 is 1.85 bits per heavy atom. The Hall–Kier alpha value is -4.40. The van der Waals surface area contributed by atoms with Gasteiger partial charge in [0.05, 0.1) is 0 Å². The molecule has 0 saturated heterocycles. The van der Waals surface area contributed by atoms with Crippen molar-refractivity contribution in [3.05, 3.63) is 89.7 Å². The van der Waals surface area contributed by atoms with Crippen molar-refractivity contribution >= 4 is 23.3 Å². The monoisotopic (exact) mass is 447 g/mol. The van der Waals surface area contributed by atoms with Crippen molar-refractivity contribution in [1.82, 2.24) is 9.88 Å². The molecule has 3 aromatic rings. The van der Waals surface area contributed by atoms with Crippen molar-refractivity contribution in [3.8, 4) is 5.75 Å². The molecule has 0 bridgehead atoms. The number of anilines is 1. The van der Waals surface area contributed by atoms with Gasteiger partial charge in [0.15, 0.2) is 12.4 Å². The number of hydrogen-bond acceptors (Lipinski definition) is 6. The average Bonchev–Trinajstić information content (AvgIpc) is 2.83. The molecule has 2 amide bonds. The van der Waals surface area contributed by atoms with Gasteiger partial charge in [0.1, 0.15) is 12.4 Å². The van der Waals surface area contributed by atoms with Crippen molar-refractivity contribution in [2.24, 2.45) is 10.9 Å². The van der Waals surface area contributed by atoms with Crippen LogP contribution < -0.4 is 15.8 Å². The zero-order valence-corrected chi connectivity index (χ0v) is 18.4. The fraction of sp³-hybridized carbons (Fsp3) is 0.167. The van der Waals surface area contributed by atoms with Gasteiger partial charge in [-0.15, -0.1) is 0 Å². The number of benzene rings is 2. The third kappa shape index (κ3) is 7.06. The van der Waals surface area contributed by atoms with Gasteiger partial charge in [0.25, 0.3) is 11.8 Å². The topological polar surface area (TPSA) is 119 Å². The zero-order valence-electron chi connectivity index (χ0n) is 18.4. The first-order valence-electron chi connectivity index (χ1n) is 10.1. The van der Waals surface area contributed by atoms with E-state index >= 15 is 0 Å². The van der Waals surface area contributed by atoms with Crippen LogP contribution >= 0.6 is 0 Å². The molecule has 3 N–H and O–H groups in total. The van der Waals surface area contributed by atoms with Gasteiger partial charge in [-0.05, 0) is 48.5 Å². The van der Waals surface area contributed by atoms with Crippen LogP contribution in [0.2, 0.25) is 0 Å². The van der Waals surface area contributed by atoms with Gasteiger partial charge in [-0.25, -0.2) is 0 Å². The highest BCUT2D eigenvalue weighted by molar-refractivity contribution is 5.98. The lowest BCUT2D eigenvalue weighted by molar-refractivity contribution is -0.120. The molecule has 0 atom stereocenters. The molecule has 2 aromatic carbocycles. The van der Waals surface area contributed by atoms with Gasteiger partial charge in [0.2, 0.25) is 0 Å². The maximum atomic E-state index is 12.1. The second-order valence-electron chi connectivity index (χ2n) is 7.25. The predicted molar refractivity (Wildman–Crippen MR) is 125 cm³/mol. The Bertz CT molecular complexity index is 1120. The Morgan fingerprint density at radius 1 is 1.06 bits per heavy atom. The van der Waals surface area contributed by atoms with Crippen LogP contribution in [0.1, 0.15) is 21.5 Å². The van der Waals surface area contributed by atoms with Crippen LogP contribution in [0.3, 0.4) is 0 Å². The van der Waals surface area contributed by atoms with Gasteiger partial charge in [-0.2, -0.15) is 0 Å². The number of hydrogen-bond donors (Lipinski definition) is 2. The SMILES string of the molecule is CN(C)C(=O)c1cccc(NC(=O)CO/N=C(/N)c2ccc(OCc3cccnc3)cc2)c1. The van der Waals surface area contributed by atoms with Crippen LogP contribution in [-0.2, 0) is 16.2 Å². The molecular weight excluding hydrogens is 422 g/mol. The molecule has 1 aromatic heterocycles. The molecule has 0 fully saturated rings. The summed E-state index contributed by atoms with van der Waals surface area (Å²) in [7, 11) is 3.32. The summed E-state index contributed by atoms with van der Waals surface area (Å²) in [5.41, 5.74) is 8.47. The fourth-order valence-electron chi connectivity index (χ4n) is 2.77. The van der Waals surface area contributed by atoms with Gasteiger partial charge >= 0.3 is 0 Å². The zero-order chi connectivity index (χ0) is 23.6. The first-order chi connectivity index (χ1) is 15.9. The van der Waals surface area contributed by atoms with Crippen molar-refractivity contribution in [2.75, 3.05) is 26.0 Å². The molecule has 1 heterocycles. The van der Waals surface area contributed by atoms with E-state index in [1.54, 1.807) is 75.0 Å². The minimum Gasteiger partial charge on any atom is -0.489 e. The largest absolute Gasteiger partial charge is 0.489 e. The van der Waals surface area contributed by atoms with Crippen molar-refractivity contribution in [1.29, 1.82) is 0 Å². The molecule has 0 spiro atoms. The van der Waals surface area contributed by atoms with Gasteiger partial charge in [-0.1, -0.05) is 17.3 Å². The molecule has 9 nitrogen and oxygen atoms in total. The van der Waals surface area contributed by atoms with E-state index in [9.17, 15) is 9.59 Å². The third-order valence-corrected chi connectivity index (χ3v) is 4.44. The minimum absolute atomic E-state index is 0.125. The lowest BCUT2D eigenvalue weighted by Gasteiger charge is -2.11. The standard InChI is InChI=1S/C24H25N5O4/c1-29(2)24(31)19-6-3-7-20(13-19)27-22(30)16-33-28-23(25)18-8-10-21(11-9-18)32-15-17-5-4-12-26-14-17/h3-14H,15-16H2,1-2H3,(H2,25,28)(H,27,30). The number of pyridine rings is 1. The van der Waals surface area contributed by atoms with Crippen molar-refractivity contribution in [2.45, 2.75) is 6.61 Å². The van der Waals surface area contributed by atoms with Crippen LogP contribution in [0.5, 0.6) is 5.75 Å². The van der Waals surface area contributed by atoms with Gasteiger partial charge < -0.3 is 25.5 Å². The minimum atomic E-state index is -0.430. The number of nitrogens with zero attached hydrogens (tertiary/aromatic N) is 3. The maximum absolute atomic E-state index is 12.1. The number of aromatic nitrogens is 1. The predicted octanol–water partition coefficient (Wildman–Crippen LogP) is 2.64. The van der Waals surface area contributed by atoms with Crippen LogP contribution in [0.15, 0.2) is 78.2 Å². The number of nitrogens with two attached hydrogens (primary N) is 1. The Kier molecular flexibility index (Phi) is 7.96. The molecule has 0 aliphatic heterocycles. The Labute approximate surface area is 191 Å². The van der Waals surface area contributed by atoms with E-state index in [0.717, 1.165) is 5.56 Å². The summed E-state index contributed by atoms with van der Waals surface area (Å²) < 4.78 is 5.70. The van der Waals surface area contributed by atoms with Crippen molar-refractivity contribution < 1.29 is 19.2 Å². The molecule has 0 radical (unpaired) electrons. The number of rotatable bonds is 9. The van der Waals surface area contributed by atoms with E-state index in [2.05, 4.69) is 15.5 Å². The summed E-state index contributed by atoms with van der Waals surface area (Å²) in [4.78, 5) is 34.7. The van der Waals surface area contributed by atoms with E-state index in [0.29, 0.717) is 29.2 Å². The lowest BCUT2D eigenvalue weighted by Crippen LogP contribution is -2.22. The summed E-state index contributed by atoms with van der Waals surface area (Å²) in [6, 6.07) is 17.4. The number of amides is 2. The molecule has 9 heteroatoms. The highest BCUT2D eigenvalue weighted by Gasteiger charge is 2.10. The summed E-state index contributed by atoms with van der Waals surface area (Å²) in [5, 5.41) is 6.45. The number of carbonyl (C=O) groups excluding carboxylic acids is 2. The molecule has 170 valence electrons. The number of oxime groups is 1. The second-order valence-corrected chi connectivity index (χ2v) is 7.25. The number of amidine groups is 1. The van der Waals surface area contributed by atoms with Gasteiger partial charge in [-0.3, -0.25) is 14.6 Å². The number of ether oxygens (including phenoxy) is 1.